The van der Waals surface area contributed by atoms with Crippen molar-refractivity contribution in [1.29, 1.82) is 0 Å². The van der Waals surface area contributed by atoms with Crippen LogP contribution in [0.2, 0.25) is 0 Å². The predicted octanol–water partition coefficient (Wildman–Crippen LogP) is -1.22. The molecule has 4 atom stereocenters. The number of hydrogen-bond acceptors (Lipinski definition) is 9. The molecule has 1 saturated heterocycles. The van der Waals surface area contributed by atoms with Crippen LogP contribution in [0.5, 0.6) is 0 Å². The van der Waals surface area contributed by atoms with Crippen LogP contribution in [0.1, 0.15) is 12.6 Å². The van der Waals surface area contributed by atoms with E-state index in [4.69, 9.17) is 17.0 Å². The van der Waals surface area contributed by atoms with Crippen LogP contribution in [0.3, 0.4) is 0 Å². The molecule has 2 aromatic rings. The van der Waals surface area contributed by atoms with E-state index < -0.39 is 34.4 Å². The van der Waals surface area contributed by atoms with Crippen molar-refractivity contribution in [3.63, 3.8) is 0 Å². The van der Waals surface area contributed by atoms with Gasteiger partial charge in [-0.15, -0.1) is 0 Å². The summed E-state index contributed by atoms with van der Waals surface area (Å²) in [5, 5.41) is 21.0. The Morgan fingerprint density at radius 2 is 2.04 bits per heavy atom. The monoisotopic (exact) mass is 443 g/mol. The van der Waals surface area contributed by atoms with E-state index in [1.165, 1.54) is 17.2 Å². The number of ether oxygens (including phenoxy) is 1. The second-order valence-electron chi connectivity index (χ2n) is 5.42. The minimum atomic E-state index is -3.54. The molecule has 0 unspecified atom stereocenters. The second kappa shape index (κ2) is 7.72. The van der Waals surface area contributed by atoms with E-state index in [-0.39, 0.29) is 50.7 Å². The summed E-state index contributed by atoms with van der Waals surface area (Å²) in [5.41, 5.74) is 6.38. The van der Waals surface area contributed by atoms with Gasteiger partial charge in [0.05, 0.1) is 18.2 Å². The fourth-order valence-corrected chi connectivity index (χ4v) is 3.30. The van der Waals surface area contributed by atoms with Crippen LogP contribution in [0.25, 0.3) is 11.2 Å². The van der Waals surface area contributed by atoms with Gasteiger partial charge in [-0.2, -0.15) is 5.41 Å². The molecule has 1 fully saturated rings. The molecule has 1 radical (unpaired) electrons. The first-order valence-corrected chi connectivity index (χ1v) is 8.78. The van der Waals surface area contributed by atoms with Crippen molar-refractivity contribution in [2.45, 2.75) is 31.0 Å². The van der Waals surface area contributed by atoms with Gasteiger partial charge in [0.15, 0.2) is 17.7 Å². The average Bonchev–Trinajstić information content (AvgIpc) is 3.10. The van der Waals surface area contributed by atoms with Gasteiger partial charge in [-0.3, -0.25) is 4.57 Å². The van der Waals surface area contributed by atoms with Gasteiger partial charge in [0.2, 0.25) is 0 Å². The summed E-state index contributed by atoms with van der Waals surface area (Å²) >= 11 is 0. The average molecular weight is 443 g/mol. The predicted molar refractivity (Wildman–Crippen MR) is 82.9 cm³/mol. The fraction of sp³-hybridized carbons (Fsp3) is 0.462. The summed E-state index contributed by atoms with van der Waals surface area (Å²) in [4.78, 5) is 11.9. The molecule has 0 bridgehead atoms. The molecule has 10 nitrogen and oxygen atoms in total. The molecule has 0 saturated carbocycles. The van der Waals surface area contributed by atoms with Gasteiger partial charge < -0.3 is 27.3 Å². The molecule has 3 heterocycles. The van der Waals surface area contributed by atoms with E-state index >= 15 is 0 Å². The number of imidazole rings is 1. The Balaban J connectivity index is 0.00000225. The Kier molecular flexibility index (Phi) is 6.28. The topological polar surface area (TPSA) is 153 Å². The molecule has 4 N–H and O–H groups in total. The number of hydrogen-bond donors (Lipinski definition) is 3. The molecule has 1 aliphatic rings. The summed E-state index contributed by atoms with van der Waals surface area (Å²) in [7, 11) is -3.54. The van der Waals surface area contributed by atoms with Crippen molar-refractivity contribution < 1.29 is 56.1 Å². The van der Waals surface area contributed by atoms with Gasteiger partial charge in [-0.1, -0.05) is 0 Å². The van der Waals surface area contributed by atoms with Gasteiger partial charge in [-0.25, -0.2) is 23.4 Å². The maximum Gasteiger partial charge on any atom is 0.167 e. The quantitative estimate of drug-likeness (QED) is 0.483. The third-order valence-electron chi connectivity index (χ3n) is 3.89. The minimum absolute atomic E-state index is 0. The molecule has 3 rings (SSSR count). The van der Waals surface area contributed by atoms with E-state index in [1.54, 1.807) is 0 Å². The molecule has 0 aliphatic carbocycles. The number of anilines is 1. The molecule has 2 aromatic heterocycles. The Hall–Kier alpha value is -0.976. The van der Waals surface area contributed by atoms with Crippen molar-refractivity contribution in [2.75, 3.05) is 11.5 Å². The van der Waals surface area contributed by atoms with E-state index in [9.17, 15) is 18.6 Å². The number of aromatic nitrogens is 4. The molecule has 25 heavy (non-hydrogen) atoms. The summed E-state index contributed by atoms with van der Waals surface area (Å²) in [6.07, 6.45) is -1.82. The zero-order chi connectivity index (χ0) is 17.5. The molecule has 0 spiro atoms. The van der Waals surface area contributed by atoms with Crippen LogP contribution in [-0.2, 0) is 47.3 Å². The first-order chi connectivity index (χ1) is 11.3. The van der Waals surface area contributed by atoms with Crippen LogP contribution < -0.4 is 5.73 Å². The number of fused-ring (bicyclic) bond motifs is 1. The van der Waals surface area contributed by atoms with Crippen LogP contribution in [-0.4, -0.2) is 62.2 Å². The smallest absolute Gasteiger partial charge is 0.167 e. The third-order valence-corrected chi connectivity index (χ3v) is 5.11. The second-order valence-corrected chi connectivity index (χ2v) is 7.43. The number of nitrogens with two attached hydrogens (primary N) is 1. The van der Waals surface area contributed by atoms with E-state index in [0.717, 1.165) is 0 Å². The van der Waals surface area contributed by atoms with Gasteiger partial charge in [0.25, 0.3) is 0 Å². The molecule has 0 aromatic carbocycles. The van der Waals surface area contributed by atoms with E-state index in [1.807, 2.05) is 0 Å². The number of sulfone groups is 1. The third kappa shape index (κ3) is 3.91. The Morgan fingerprint density at radius 3 is 2.72 bits per heavy atom. The number of aliphatic hydroxyl groups is 2. The van der Waals surface area contributed by atoms with Crippen molar-refractivity contribution in [2.24, 2.45) is 0 Å². The van der Waals surface area contributed by atoms with E-state index in [0.29, 0.717) is 16.6 Å². The van der Waals surface area contributed by atoms with Crippen molar-refractivity contribution in [1.82, 2.24) is 19.5 Å². The summed E-state index contributed by atoms with van der Waals surface area (Å²) in [5.74, 6) is -0.127. The van der Waals surface area contributed by atoms with Crippen molar-refractivity contribution in [3.8, 4) is 0 Å². The molecule has 1 aliphatic heterocycles. The number of aliphatic hydroxyl groups excluding tert-OH is 2. The molecule has 133 valence electrons. The fourth-order valence-electron chi connectivity index (χ4n) is 2.60. The van der Waals surface area contributed by atoms with Gasteiger partial charge in [0, 0.05) is 32.7 Å². The number of nitrogens with zero attached hydrogens (tertiary/aromatic N) is 4. The summed E-state index contributed by atoms with van der Waals surface area (Å²) in [6.45, 7) is 5.03. The van der Waals surface area contributed by atoms with Gasteiger partial charge in [0.1, 0.15) is 33.9 Å². The maximum atomic E-state index is 11.4. The van der Waals surface area contributed by atoms with Crippen LogP contribution in [0.15, 0.2) is 18.1 Å². The first-order valence-electron chi connectivity index (χ1n) is 7.06. The van der Waals surface area contributed by atoms with Crippen molar-refractivity contribution >= 4 is 26.8 Å². The zero-order valence-electron chi connectivity index (χ0n) is 13.0. The molecular weight excluding hydrogens is 427 g/mol. The van der Waals surface area contributed by atoms with Gasteiger partial charge in [-0.05, 0) is 6.42 Å². The Morgan fingerprint density at radius 1 is 1.32 bits per heavy atom. The van der Waals surface area contributed by atoms with Crippen LogP contribution >= 0.6 is 0 Å². The standard InChI is InChI=1S/C13H16N5O5S.Y/c1-2-24(21,22)4-3-7-9(19)10(20)13(23-7)18-6-17-8-11(14)15-5-16-12(8)18;/h1-2,5-7,9-10,13,19-20H,3-4H2,(H2,14,15,16);/q-1;/t7-,9-,10-,13-;/m1./s1. The van der Waals surface area contributed by atoms with Gasteiger partial charge >= 0.3 is 0 Å². The Labute approximate surface area is 168 Å². The zero-order valence-corrected chi connectivity index (χ0v) is 16.7. The minimum Gasteiger partial charge on any atom is -0.502 e. The first kappa shape index (κ1) is 20.3. The molecule has 12 heteroatoms. The SMILES string of the molecule is [CH-]=CS(=O)(=O)CC[C@H]1O[C@@H](n2cnc3c(N)ncnc32)[C@H](O)[C@@H]1O.[Y]. The Bertz CT molecular complexity index is 873. The van der Waals surface area contributed by atoms with Crippen molar-refractivity contribution in [3.05, 3.63) is 24.6 Å². The molecular formula is C13H16N5O5SY-. The number of rotatable bonds is 5. The number of nitrogen functional groups attached to an aromatic ring is 1. The largest absolute Gasteiger partial charge is 0.502 e. The summed E-state index contributed by atoms with van der Waals surface area (Å²) < 4.78 is 29.9. The van der Waals surface area contributed by atoms with Crippen LogP contribution in [0.4, 0.5) is 5.82 Å². The maximum absolute atomic E-state index is 11.4. The normalized spacial score (nSPS) is 26.5. The summed E-state index contributed by atoms with van der Waals surface area (Å²) in [6, 6.07) is 0. The van der Waals surface area contributed by atoms with Crippen LogP contribution in [0, 0.1) is 6.58 Å². The molecule has 0 amide bonds. The van der Waals surface area contributed by atoms with E-state index in [2.05, 4.69) is 15.0 Å².